The Balaban J connectivity index is 1.81. The molecular weight excluding hydrogens is 256 g/mol. The van der Waals surface area contributed by atoms with Crippen LogP contribution in [0.3, 0.4) is 0 Å². The minimum Gasteiger partial charge on any atom is -0.356 e. The Morgan fingerprint density at radius 3 is 3.18 bits per heavy atom. The molecule has 0 saturated heterocycles. The third-order valence-corrected chi connectivity index (χ3v) is 3.55. The van der Waals surface area contributed by atoms with Crippen LogP contribution in [0.1, 0.15) is 5.69 Å². The van der Waals surface area contributed by atoms with Crippen molar-refractivity contribution in [3.63, 3.8) is 0 Å². The number of nitrogens with one attached hydrogen (secondary N) is 2. The molecule has 0 aliphatic rings. The smallest absolute Gasteiger partial charge is 0.184 e. The summed E-state index contributed by atoms with van der Waals surface area (Å²) in [5.41, 5.74) is 1.99. The van der Waals surface area contributed by atoms with Gasteiger partial charge in [-0.05, 0) is 18.2 Å². The summed E-state index contributed by atoms with van der Waals surface area (Å²) in [5.74, 6) is 0. The van der Waals surface area contributed by atoms with Crippen LogP contribution in [0.25, 0.3) is 10.2 Å². The van der Waals surface area contributed by atoms with E-state index in [1.165, 1.54) is 0 Å². The number of hydrogen-bond acceptors (Lipinski definition) is 4. The lowest BCUT2D eigenvalue weighted by molar-refractivity contribution is 1.07. The predicted molar refractivity (Wildman–Crippen MR) is 70.5 cm³/mol. The molecular formula is C11H9ClN4S. The van der Waals surface area contributed by atoms with Crippen molar-refractivity contribution in [3.8, 4) is 0 Å². The summed E-state index contributed by atoms with van der Waals surface area (Å²) in [6, 6.07) is 5.70. The molecule has 17 heavy (non-hydrogen) atoms. The highest BCUT2D eigenvalue weighted by atomic mass is 35.5. The van der Waals surface area contributed by atoms with E-state index in [0.717, 1.165) is 26.1 Å². The maximum Gasteiger partial charge on any atom is 0.184 e. The van der Waals surface area contributed by atoms with E-state index in [2.05, 4.69) is 20.3 Å². The molecule has 0 aliphatic heterocycles. The molecule has 6 heteroatoms. The molecule has 2 aromatic heterocycles. The van der Waals surface area contributed by atoms with Gasteiger partial charge in [0.25, 0.3) is 0 Å². The Bertz CT molecular complexity index is 632. The van der Waals surface area contributed by atoms with Gasteiger partial charge < -0.3 is 10.3 Å². The van der Waals surface area contributed by atoms with E-state index in [-0.39, 0.29) is 0 Å². The van der Waals surface area contributed by atoms with Gasteiger partial charge >= 0.3 is 0 Å². The van der Waals surface area contributed by atoms with Crippen molar-refractivity contribution < 1.29 is 0 Å². The second-order valence-corrected chi connectivity index (χ2v) is 5.03. The zero-order chi connectivity index (χ0) is 11.7. The molecule has 0 bridgehead atoms. The number of rotatable bonds is 3. The normalized spacial score (nSPS) is 10.9. The molecule has 0 atom stereocenters. The van der Waals surface area contributed by atoms with E-state index in [1.807, 2.05) is 18.2 Å². The first-order valence-corrected chi connectivity index (χ1v) is 6.28. The van der Waals surface area contributed by atoms with E-state index in [9.17, 15) is 0 Å². The van der Waals surface area contributed by atoms with Crippen LogP contribution in [-0.4, -0.2) is 15.0 Å². The van der Waals surface area contributed by atoms with Gasteiger partial charge in [-0.1, -0.05) is 22.9 Å². The van der Waals surface area contributed by atoms with Crippen LogP contribution in [0.5, 0.6) is 0 Å². The number of imidazole rings is 1. The average Bonchev–Trinajstić information content (AvgIpc) is 2.94. The maximum atomic E-state index is 5.93. The van der Waals surface area contributed by atoms with Gasteiger partial charge in [-0.25, -0.2) is 9.97 Å². The average molecular weight is 265 g/mol. The van der Waals surface area contributed by atoms with Gasteiger partial charge in [-0.3, -0.25) is 0 Å². The molecule has 4 nitrogen and oxygen atoms in total. The number of nitrogens with zero attached hydrogens (tertiary/aromatic N) is 2. The largest absolute Gasteiger partial charge is 0.356 e. The standard InChI is InChI=1S/C11H9ClN4S/c12-7-1-2-9-10(3-7)17-11(16-9)14-5-8-4-13-6-15-8/h1-4,6H,5H2,(H,13,15)(H,14,16). The zero-order valence-electron chi connectivity index (χ0n) is 8.77. The van der Waals surface area contributed by atoms with E-state index in [1.54, 1.807) is 23.9 Å². The summed E-state index contributed by atoms with van der Waals surface area (Å²) in [4.78, 5) is 11.5. The first kappa shape index (κ1) is 10.6. The van der Waals surface area contributed by atoms with Crippen molar-refractivity contribution in [1.29, 1.82) is 0 Å². The Hall–Kier alpha value is -1.59. The highest BCUT2D eigenvalue weighted by Gasteiger charge is 2.04. The van der Waals surface area contributed by atoms with E-state index >= 15 is 0 Å². The lowest BCUT2D eigenvalue weighted by Gasteiger charge is -1.97. The fourth-order valence-corrected chi connectivity index (χ4v) is 2.66. The fraction of sp³-hybridized carbons (Fsp3) is 0.0909. The van der Waals surface area contributed by atoms with Crippen molar-refractivity contribution in [2.24, 2.45) is 0 Å². The van der Waals surface area contributed by atoms with Crippen molar-refractivity contribution in [1.82, 2.24) is 15.0 Å². The summed E-state index contributed by atoms with van der Waals surface area (Å²) in [7, 11) is 0. The van der Waals surface area contributed by atoms with Crippen molar-refractivity contribution in [2.45, 2.75) is 6.54 Å². The van der Waals surface area contributed by atoms with E-state index in [0.29, 0.717) is 6.54 Å². The molecule has 0 radical (unpaired) electrons. The van der Waals surface area contributed by atoms with Crippen molar-refractivity contribution in [2.75, 3.05) is 5.32 Å². The van der Waals surface area contributed by atoms with Crippen molar-refractivity contribution >= 4 is 38.3 Å². The molecule has 0 saturated carbocycles. The molecule has 0 amide bonds. The number of hydrogen-bond donors (Lipinski definition) is 2. The Morgan fingerprint density at radius 1 is 1.41 bits per heavy atom. The summed E-state index contributed by atoms with van der Waals surface area (Å²) in [6.45, 7) is 0.688. The predicted octanol–water partition coefficient (Wildman–Crippen LogP) is 3.28. The lowest BCUT2D eigenvalue weighted by Crippen LogP contribution is -1.98. The number of halogens is 1. The van der Waals surface area contributed by atoms with Gasteiger partial charge in [0.05, 0.1) is 28.8 Å². The van der Waals surface area contributed by atoms with Gasteiger partial charge in [0.2, 0.25) is 0 Å². The monoisotopic (exact) mass is 264 g/mol. The lowest BCUT2D eigenvalue weighted by atomic mass is 10.3. The fourth-order valence-electron chi connectivity index (χ4n) is 1.53. The molecule has 3 rings (SSSR count). The number of aromatic amines is 1. The first-order chi connectivity index (χ1) is 8.31. The maximum absolute atomic E-state index is 5.93. The molecule has 86 valence electrons. The molecule has 0 spiro atoms. The molecule has 0 fully saturated rings. The topological polar surface area (TPSA) is 53.6 Å². The molecule has 0 aliphatic carbocycles. The van der Waals surface area contributed by atoms with Crippen LogP contribution in [0.2, 0.25) is 5.02 Å². The minimum absolute atomic E-state index is 0.688. The van der Waals surface area contributed by atoms with Crippen molar-refractivity contribution in [3.05, 3.63) is 41.4 Å². The number of benzene rings is 1. The van der Waals surface area contributed by atoms with Crippen LogP contribution in [-0.2, 0) is 6.54 Å². The molecule has 0 unspecified atom stereocenters. The van der Waals surface area contributed by atoms with Gasteiger partial charge in [0.1, 0.15) is 0 Å². The molecule has 1 aromatic carbocycles. The van der Waals surface area contributed by atoms with Gasteiger partial charge in [0.15, 0.2) is 5.13 Å². The van der Waals surface area contributed by atoms with Crippen LogP contribution in [0.15, 0.2) is 30.7 Å². The SMILES string of the molecule is Clc1ccc2nc(NCc3cnc[nH]3)sc2c1. The Labute approximate surface area is 107 Å². The van der Waals surface area contributed by atoms with E-state index < -0.39 is 0 Å². The third kappa shape index (κ3) is 2.25. The number of thiazole rings is 1. The van der Waals surface area contributed by atoms with Crippen LogP contribution >= 0.6 is 22.9 Å². The molecule has 2 heterocycles. The highest BCUT2D eigenvalue weighted by molar-refractivity contribution is 7.22. The summed E-state index contributed by atoms with van der Waals surface area (Å²) >= 11 is 7.52. The quantitative estimate of drug-likeness (QED) is 0.763. The summed E-state index contributed by atoms with van der Waals surface area (Å²) < 4.78 is 1.09. The second-order valence-electron chi connectivity index (χ2n) is 3.56. The van der Waals surface area contributed by atoms with Crippen LogP contribution in [0, 0.1) is 0 Å². The highest BCUT2D eigenvalue weighted by Crippen LogP contribution is 2.28. The number of aromatic nitrogens is 3. The van der Waals surface area contributed by atoms with Gasteiger partial charge in [0, 0.05) is 11.2 Å². The van der Waals surface area contributed by atoms with Crippen LogP contribution < -0.4 is 5.32 Å². The van der Waals surface area contributed by atoms with E-state index in [4.69, 9.17) is 11.6 Å². The second kappa shape index (κ2) is 4.35. The third-order valence-electron chi connectivity index (χ3n) is 2.34. The van der Waals surface area contributed by atoms with Gasteiger partial charge in [-0.15, -0.1) is 0 Å². The Morgan fingerprint density at radius 2 is 2.35 bits per heavy atom. The number of anilines is 1. The zero-order valence-corrected chi connectivity index (χ0v) is 10.3. The number of H-pyrrole nitrogens is 1. The number of fused-ring (bicyclic) bond motifs is 1. The van der Waals surface area contributed by atoms with Crippen LogP contribution in [0.4, 0.5) is 5.13 Å². The summed E-state index contributed by atoms with van der Waals surface area (Å²) in [6.07, 6.45) is 3.45. The molecule has 3 aromatic rings. The molecule has 2 N–H and O–H groups in total. The first-order valence-electron chi connectivity index (χ1n) is 5.08. The minimum atomic E-state index is 0.688. The van der Waals surface area contributed by atoms with Gasteiger partial charge in [-0.2, -0.15) is 0 Å². The Kier molecular flexibility index (Phi) is 2.70. The summed E-state index contributed by atoms with van der Waals surface area (Å²) in [5, 5.41) is 4.87.